The fraction of sp³-hybridized carbons (Fsp3) is 0.500. The first-order valence-electron chi connectivity index (χ1n) is 1.55. The van der Waals surface area contributed by atoms with Crippen LogP contribution in [0.25, 0.3) is 0 Å². The molecule has 0 heterocycles. The van der Waals surface area contributed by atoms with E-state index in [1.807, 2.05) is 0 Å². The van der Waals surface area contributed by atoms with Gasteiger partial charge < -0.3 is 6.08 Å². The molecule has 0 unspecified atom stereocenters. The van der Waals surface area contributed by atoms with E-state index in [0.29, 0.717) is 0 Å². The zero-order valence-corrected chi connectivity index (χ0v) is 2.49. The summed E-state index contributed by atoms with van der Waals surface area (Å²) in [6.45, 7) is 0. The van der Waals surface area contributed by atoms with Crippen molar-refractivity contribution in [1.29, 1.82) is 0 Å². The highest BCUT2D eigenvalue weighted by Gasteiger charge is 1.63. The quantitative estimate of drug-likeness (QED) is 0.363. The summed E-state index contributed by atoms with van der Waals surface area (Å²) in [6, 6.07) is 0. The fourth-order valence-corrected chi connectivity index (χ4v) is 0.144. The van der Waals surface area contributed by atoms with Crippen molar-refractivity contribution in [3.8, 4) is 0 Å². The summed E-state index contributed by atoms with van der Waals surface area (Å²) in [5, 5.41) is 0. The first-order chi connectivity index (χ1) is 2.00. The lowest BCUT2D eigenvalue weighted by atomic mass is 10.1. The lowest BCUT2D eigenvalue weighted by Crippen LogP contribution is -1.73. The Kier molecular flexibility index (Phi) is 0.298. The summed E-state index contributed by atoms with van der Waals surface area (Å²) in [4.78, 5) is 0. The maximum Gasteiger partial charge on any atom is -0.0938 e. The standard InChI is InChI=1S/C4H5/c1-2-4-3-1/h1H,2,4H2/q-1. The Labute approximate surface area is 26.1 Å². The van der Waals surface area contributed by atoms with Gasteiger partial charge in [0, 0.05) is 0 Å². The second kappa shape index (κ2) is 0.593. The largest absolute Gasteiger partial charge is 0.500 e. The van der Waals surface area contributed by atoms with Gasteiger partial charge in [0.15, 0.2) is 0 Å². The molecule has 22 valence electrons. The zero-order valence-electron chi connectivity index (χ0n) is 2.49. The van der Waals surface area contributed by atoms with Crippen LogP contribution in [-0.2, 0) is 0 Å². The molecule has 0 heteroatoms. The normalized spacial score (nSPS) is 20.0. The van der Waals surface area contributed by atoms with Gasteiger partial charge in [0.25, 0.3) is 0 Å². The predicted molar refractivity (Wildman–Crippen MR) is 17.0 cm³/mol. The summed E-state index contributed by atoms with van der Waals surface area (Å²) >= 11 is 0. The Morgan fingerprint density at radius 2 is 2.00 bits per heavy atom. The van der Waals surface area contributed by atoms with Crippen LogP contribution in [-0.4, -0.2) is 0 Å². The molecule has 0 aromatic carbocycles. The van der Waals surface area contributed by atoms with E-state index in [1.165, 1.54) is 12.8 Å². The smallest absolute Gasteiger partial charge is 0.0938 e. The van der Waals surface area contributed by atoms with Gasteiger partial charge in [-0.2, -0.15) is 6.42 Å². The Morgan fingerprint density at radius 1 is 1.75 bits per heavy atom. The third-order valence-electron chi connectivity index (χ3n) is 0.577. The molecule has 0 amide bonds. The topological polar surface area (TPSA) is 0 Å². The summed E-state index contributed by atoms with van der Waals surface area (Å²) < 4.78 is 0. The molecular formula is C4H5-. The van der Waals surface area contributed by atoms with Crippen molar-refractivity contribution in [3.63, 3.8) is 0 Å². The number of allylic oxidation sites excluding steroid dienone is 2. The molecule has 0 aromatic heterocycles. The third kappa shape index (κ3) is 0.0681. The Bertz CT molecular complexity index is 29.3. The van der Waals surface area contributed by atoms with Crippen LogP contribution in [0.5, 0.6) is 0 Å². The lowest BCUT2D eigenvalue weighted by molar-refractivity contribution is 0.928. The van der Waals surface area contributed by atoms with E-state index < -0.39 is 0 Å². The van der Waals surface area contributed by atoms with E-state index in [1.54, 1.807) is 0 Å². The molecule has 0 radical (unpaired) electrons. The van der Waals surface area contributed by atoms with Gasteiger partial charge in [-0.25, -0.2) is 0 Å². The SMILES string of the molecule is [C-]1=CCC1. The summed E-state index contributed by atoms with van der Waals surface area (Å²) in [6.07, 6.45) is 7.50. The highest BCUT2D eigenvalue weighted by molar-refractivity contribution is 4.84. The fourth-order valence-electron chi connectivity index (χ4n) is 0.144. The van der Waals surface area contributed by atoms with Gasteiger partial charge in [0.2, 0.25) is 0 Å². The molecule has 0 bridgehead atoms. The van der Waals surface area contributed by atoms with Crippen LogP contribution in [0.15, 0.2) is 6.08 Å². The number of hydrogen-bond donors (Lipinski definition) is 0. The van der Waals surface area contributed by atoms with E-state index in [9.17, 15) is 0 Å². The molecule has 0 fully saturated rings. The minimum absolute atomic E-state index is 1.19. The lowest BCUT2D eigenvalue weighted by Gasteiger charge is -2.12. The Balaban J connectivity index is 2.47. The molecule has 0 nitrogen and oxygen atoms in total. The maximum atomic E-state index is 2.99. The van der Waals surface area contributed by atoms with Crippen LogP contribution < -0.4 is 0 Å². The molecule has 0 aliphatic heterocycles. The van der Waals surface area contributed by atoms with Crippen molar-refractivity contribution in [2.75, 3.05) is 0 Å². The van der Waals surface area contributed by atoms with Gasteiger partial charge >= 0.3 is 0 Å². The van der Waals surface area contributed by atoms with Crippen molar-refractivity contribution in [1.82, 2.24) is 0 Å². The van der Waals surface area contributed by atoms with Gasteiger partial charge in [0.1, 0.15) is 0 Å². The van der Waals surface area contributed by atoms with Gasteiger partial charge in [0.05, 0.1) is 0 Å². The molecular weight excluding hydrogens is 48.0 g/mol. The Hall–Kier alpha value is -0.260. The average Bonchev–Trinajstić information content (AvgIpc) is 0.722. The van der Waals surface area contributed by atoms with Crippen LogP contribution in [0.4, 0.5) is 0 Å². The summed E-state index contributed by atoms with van der Waals surface area (Å²) in [7, 11) is 0. The highest BCUT2D eigenvalue weighted by atomic mass is 13.9. The van der Waals surface area contributed by atoms with Crippen molar-refractivity contribution < 1.29 is 0 Å². The Morgan fingerprint density at radius 3 is 2.00 bits per heavy atom. The second-order valence-electron chi connectivity index (χ2n) is 0.947. The van der Waals surface area contributed by atoms with Crippen molar-refractivity contribution >= 4 is 0 Å². The van der Waals surface area contributed by atoms with E-state index in [4.69, 9.17) is 0 Å². The number of hydrogen-bond acceptors (Lipinski definition) is 0. The van der Waals surface area contributed by atoms with Gasteiger partial charge in [-0.15, -0.1) is 0 Å². The summed E-state index contributed by atoms with van der Waals surface area (Å²) in [5.41, 5.74) is 0. The third-order valence-corrected chi connectivity index (χ3v) is 0.577. The molecule has 4 heavy (non-hydrogen) atoms. The molecule has 0 saturated carbocycles. The molecule has 1 rings (SSSR count). The maximum absolute atomic E-state index is 2.99. The highest BCUT2D eigenvalue weighted by Crippen LogP contribution is 2.00. The van der Waals surface area contributed by atoms with Crippen LogP contribution >= 0.6 is 0 Å². The molecule has 0 atom stereocenters. The molecule has 1 aliphatic carbocycles. The molecule has 0 saturated heterocycles. The van der Waals surface area contributed by atoms with E-state index >= 15 is 0 Å². The van der Waals surface area contributed by atoms with Crippen LogP contribution in [0.3, 0.4) is 0 Å². The number of rotatable bonds is 0. The summed E-state index contributed by atoms with van der Waals surface area (Å²) in [5.74, 6) is 0. The molecule has 0 aromatic rings. The van der Waals surface area contributed by atoms with E-state index in [2.05, 4.69) is 12.2 Å². The van der Waals surface area contributed by atoms with Crippen LogP contribution in [0.1, 0.15) is 12.8 Å². The van der Waals surface area contributed by atoms with Crippen molar-refractivity contribution in [2.24, 2.45) is 0 Å². The monoisotopic (exact) mass is 53.0 g/mol. The first-order valence-corrected chi connectivity index (χ1v) is 1.55. The van der Waals surface area contributed by atoms with E-state index in [-0.39, 0.29) is 0 Å². The molecule has 0 N–H and O–H groups in total. The zero-order chi connectivity index (χ0) is 2.83. The van der Waals surface area contributed by atoms with Crippen molar-refractivity contribution in [3.05, 3.63) is 12.2 Å². The minimum Gasteiger partial charge on any atom is -0.500 e. The van der Waals surface area contributed by atoms with Crippen molar-refractivity contribution in [2.45, 2.75) is 12.8 Å². The van der Waals surface area contributed by atoms with Crippen LogP contribution in [0.2, 0.25) is 0 Å². The van der Waals surface area contributed by atoms with Gasteiger partial charge in [-0.3, -0.25) is 6.08 Å². The second-order valence-corrected chi connectivity index (χ2v) is 0.947. The first kappa shape index (κ1) is 2.01. The van der Waals surface area contributed by atoms with Crippen LogP contribution in [0, 0.1) is 6.08 Å². The van der Waals surface area contributed by atoms with Gasteiger partial charge in [-0.1, -0.05) is 6.42 Å². The average molecular weight is 53.1 g/mol. The minimum atomic E-state index is 1.19. The molecule has 0 spiro atoms. The van der Waals surface area contributed by atoms with Gasteiger partial charge in [-0.05, 0) is 0 Å². The predicted octanol–water partition coefficient (Wildman–Crippen LogP) is 1.14. The van der Waals surface area contributed by atoms with E-state index in [0.717, 1.165) is 0 Å². The molecule has 1 aliphatic rings.